The predicted octanol–water partition coefficient (Wildman–Crippen LogP) is -3.71. The molecule has 43 heavy (non-hydrogen) atoms. The summed E-state index contributed by atoms with van der Waals surface area (Å²) in [5.41, 5.74) is 0.247. The standard InChI is InChI=1S/2C11H8ClNO3S.Ni.8H2O/c2*12-11-13-5-9(17-11)6-16-8-3-1-7(2-4-8)10(14)15;;;;;;;;;/h2*1-5H,6H2,(H,14,15);;8*1H2/q;;+2;;;;;;;;/p+4. The number of aromatic nitrogens is 2. The van der Waals surface area contributed by atoms with E-state index in [2.05, 4.69) is 9.97 Å². The van der Waals surface area contributed by atoms with E-state index in [1.807, 2.05) is 0 Å². The van der Waals surface area contributed by atoms with Crippen LogP contribution in [0, 0.1) is 0 Å². The van der Waals surface area contributed by atoms with Gasteiger partial charge in [0.25, 0.3) is 0 Å². The van der Waals surface area contributed by atoms with Crippen LogP contribution in [0.2, 0.25) is 8.93 Å². The maximum absolute atomic E-state index is 10.5. The molecular formula is C22H36Cl2N2NiO14S2+6. The van der Waals surface area contributed by atoms with Crippen LogP contribution < -0.4 is 19.7 Å². The number of carbonyl (C=O) groups is 2. The fourth-order valence-electron chi connectivity index (χ4n) is 2.38. The average molecular weight is 746 g/mol. The topological polar surface area (TPSA) is 386 Å². The molecule has 2 aromatic heterocycles. The minimum Gasteiger partial charge on any atom is -0.545 e. The number of carboxylic acid groups (broad SMARTS) is 2. The molecule has 0 amide bonds. The van der Waals surface area contributed by atoms with Gasteiger partial charge in [0.2, 0.25) is 0 Å². The van der Waals surface area contributed by atoms with Gasteiger partial charge in [-0.2, -0.15) is 0 Å². The van der Waals surface area contributed by atoms with Crippen LogP contribution in [-0.4, -0.2) is 32.9 Å². The third kappa shape index (κ3) is 19.0. The Balaban J connectivity index is -0.0000000997. The number of hydrogen-bond donors (Lipinski definition) is 0. The second kappa shape index (κ2) is 27.8. The quantitative estimate of drug-likeness (QED) is 0.127. The number of benzene rings is 2. The first-order chi connectivity index (χ1) is 16.3. The molecule has 2 aromatic carbocycles. The van der Waals surface area contributed by atoms with E-state index in [4.69, 9.17) is 32.7 Å². The van der Waals surface area contributed by atoms with Crippen molar-refractivity contribution in [2.24, 2.45) is 0 Å². The van der Waals surface area contributed by atoms with E-state index < -0.39 is 11.9 Å². The molecule has 4 rings (SSSR count). The average Bonchev–Trinajstić information content (AvgIpc) is 3.44. The number of hydrogen-bond acceptors (Lipinski definition) is 10. The molecule has 0 bridgehead atoms. The van der Waals surface area contributed by atoms with E-state index in [1.165, 1.54) is 46.9 Å². The van der Waals surface area contributed by atoms with Gasteiger partial charge in [-0.25, -0.2) is 9.97 Å². The van der Waals surface area contributed by atoms with E-state index in [-0.39, 0.29) is 71.4 Å². The van der Waals surface area contributed by atoms with E-state index in [0.717, 1.165) is 9.75 Å². The first-order valence-electron chi connectivity index (χ1n) is 9.39. The molecular weight excluding hydrogens is 710 g/mol. The normalized spacial score (nSPS) is 8.05. The zero-order valence-electron chi connectivity index (χ0n) is 21.9. The molecule has 21 heteroatoms. The Kier molecular flexibility index (Phi) is 36.1. The van der Waals surface area contributed by atoms with Crippen molar-refractivity contribution in [2.45, 2.75) is 13.2 Å². The number of carbonyl (C=O) groups excluding carboxylic acids is 2. The van der Waals surface area contributed by atoms with Crippen LogP contribution in [0.3, 0.4) is 0 Å². The third-order valence-corrected chi connectivity index (χ3v) is 6.17. The maximum atomic E-state index is 10.5. The van der Waals surface area contributed by atoms with Crippen LogP contribution in [0.25, 0.3) is 0 Å². The van der Waals surface area contributed by atoms with Crippen molar-refractivity contribution in [3.05, 3.63) is 90.7 Å². The van der Waals surface area contributed by atoms with Crippen molar-refractivity contribution in [1.29, 1.82) is 0 Å². The van der Waals surface area contributed by atoms with Crippen molar-refractivity contribution in [3.63, 3.8) is 0 Å². The van der Waals surface area contributed by atoms with Crippen molar-refractivity contribution < 1.29 is 89.6 Å². The molecule has 2 heterocycles. The molecule has 248 valence electrons. The number of carboxylic acids is 2. The minimum atomic E-state index is -1.20. The second-order valence-electron chi connectivity index (χ2n) is 6.36. The number of aromatic carboxylic acids is 2. The predicted molar refractivity (Wildman–Crippen MR) is 161 cm³/mol. The first kappa shape index (κ1) is 55.9. The van der Waals surface area contributed by atoms with Crippen LogP contribution in [-0.2, 0) is 62.6 Å². The fourth-order valence-corrected chi connectivity index (χ4v) is 4.17. The first-order valence-corrected chi connectivity index (χ1v) is 11.8. The summed E-state index contributed by atoms with van der Waals surface area (Å²) in [6.45, 7) is 0.712. The molecule has 0 atom stereocenters. The SMILES string of the molecule is O.O.O=C([O-])c1ccc(OCc2cnc(Cl)s2)cc1.O=C([O-])c1ccc(OCc2cnc(Cl)s2)cc1.[Ni+2].[OH3+].[OH3+].[OH3+].[OH3+].[OH3+].[OH3+]. The molecule has 0 aliphatic heterocycles. The van der Waals surface area contributed by atoms with E-state index in [0.29, 0.717) is 33.6 Å². The zero-order chi connectivity index (χ0) is 24.5. The van der Waals surface area contributed by atoms with Gasteiger partial charge < -0.3 is 73.1 Å². The van der Waals surface area contributed by atoms with Crippen LogP contribution >= 0.6 is 45.9 Å². The monoisotopic (exact) mass is 744 g/mol. The molecule has 0 radical (unpaired) electrons. The van der Waals surface area contributed by atoms with Gasteiger partial charge in [-0.3, -0.25) is 0 Å². The summed E-state index contributed by atoms with van der Waals surface area (Å²) in [5.74, 6) is -1.24. The third-order valence-electron chi connectivity index (χ3n) is 3.99. The largest absolute Gasteiger partial charge is 2.00 e. The summed E-state index contributed by atoms with van der Waals surface area (Å²) < 4.78 is 11.8. The van der Waals surface area contributed by atoms with E-state index >= 15 is 0 Å². The summed E-state index contributed by atoms with van der Waals surface area (Å²) in [5, 5.41) is 21.0. The van der Waals surface area contributed by atoms with Crippen molar-refractivity contribution in [3.8, 4) is 11.5 Å². The van der Waals surface area contributed by atoms with Gasteiger partial charge >= 0.3 is 16.5 Å². The van der Waals surface area contributed by atoms with Crippen molar-refractivity contribution in [1.82, 2.24) is 9.97 Å². The molecule has 0 aliphatic carbocycles. The summed E-state index contributed by atoms with van der Waals surface area (Å²) in [4.78, 5) is 30.6. The van der Waals surface area contributed by atoms with Crippen LogP contribution in [0.4, 0.5) is 0 Å². The number of rotatable bonds is 8. The van der Waals surface area contributed by atoms with Gasteiger partial charge in [0.1, 0.15) is 24.7 Å². The number of ether oxygens (including phenoxy) is 2. The smallest absolute Gasteiger partial charge is 0.545 e. The van der Waals surface area contributed by atoms with Gasteiger partial charge in [-0.1, -0.05) is 23.2 Å². The summed E-state index contributed by atoms with van der Waals surface area (Å²) >= 11 is 14.0. The Bertz CT molecular complexity index is 1170. The number of thiazole rings is 2. The van der Waals surface area contributed by atoms with Gasteiger partial charge in [0.15, 0.2) is 8.93 Å². The molecule has 16 nitrogen and oxygen atoms in total. The van der Waals surface area contributed by atoms with Gasteiger partial charge in [0, 0.05) is 12.4 Å². The Morgan fingerprint density at radius 1 is 0.628 bits per heavy atom. The number of halogens is 2. The van der Waals surface area contributed by atoms with Crippen LogP contribution in [0.1, 0.15) is 30.5 Å². The van der Waals surface area contributed by atoms with Crippen molar-refractivity contribution in [2.75, 3.05) is 0 Å². The van der Waals surface area contributed by atoms with Crippen LogP contribution in [0.5, 0.6) is 11.5 Å². The minimum absolute atomic E-state index is 0. The Hall–Kier alpha value is -3.01. The van der Waals surface area contributed by atoms with Gasteiger partial charge in [0.05, 0.1) is 21.7 Å². The molecule has 0 saturated heterocycles. The van der Waals surface area contributed by atoms with E-state index in [1.54, 1.807) is 36.7 Å². The Morgan fingerprint density at radius 3 is 1.12 bits per heavy atom. The number of nitrogens with zero attached hydrogens (tertiary/aromatic N) is 2. The van der Waals surface area contributed by atoms with Crippen LogP contribution in [0.15, 0.2) is 60.9 Å². The molecule has 22 N–H and O–H groups in total. The summed E-state index contributed by atoms with van der Waals surface area (Å²) in [6, 6.07) is 12.0. The van der Waals surface area contributed by atoms with Gasteiger partial charge in [-0.15, -0.1) is 22.7 Å². The summed E-state index contributed by atoms with van der Waals surface area (Å²) in [6.07, 6.45) is 3.28. The molecule has 0 saturated carbocycles. The molecule has 0 spiro atoms. The van der Waals surface area contributed by atoms with Gasteiger partial charge in [-0.05, 0) is 59.7 Å². The zero-order valence-corrected chi connectivity index (χ0v) is 26.0. The second-order valence-corrected chi connectivity index (χ2v) is 9.75. The van der Waals surface area contributed by atoms with Crippen molar-refractivity contribution >= 4 is 57.8 Å². The Labute approximate surface area is 271 Å². The Morgan fingerprint density at radius 2 is 0.907 bits per heavy atom. The maximum Gasteiger partial charge on any atom is 2.00 e. The molecule has 0 fully saturated rings. The molecule has 0 aliphatic rings. The molecule has 0 unspecified atom stereocenters. The summed E-state index contributed by atoms with van der Waals surface area (Å²) in [7, 11) is 0. The fraction of sp³-hybridized carbons (Fsp3) is 0.0909. The molecule has 4 aromatic rings. The van der Waals surface area contributed by atoms with E-state index in [9.17, 15) is 19.8 Å².